The second-order valence-electron chi connectivity index (χ2n) is 7.49. The Labute approximate surface area is 189 Å². The summed E-state index contributed by atoms with van der Waals surface area (Å²) in [5.74, 6) is 1.49. The predicted molar refractivity (Wildman–Crippen MR) is 130 cm³/mol. The highest BCUT2D eigenvalue weighted by Gasteiger charge is 2.20. The minimum atomic E-state index is 0.531. The number of nitrogens with two attached hydrogens (primary N) is 1. The van der Waals surface area contributed by atoms with Crippen molar-refractivity contribution in [3.05, 3.63) is 63.2 Å². The minimum Gasteiger partial charge on any atom is -0.398 e. The first-order valence-corrected chi connectivity index (χ1v) is 11.7. The number of fused-ring (bicyclic) bond motifs is 1. The number of hydrogen-bond donors (Lipinski definition) is 2. The summed E-state index contributed by atoms with van der Waals surface area (Å²) in [6.45, 7) is 4.13. The highest BCUT2D eigenvalue weighted by atomic mass is 79.9. The van der Waals surface area contributed by atoms with Crippen LogP contribution in [-0.2, 0) is 6.54 Å². The molecular formula is C22H25BrN6S. The molecule has 2 heterocycles. The van der Waals surface area contributed by atoms with E-state index in [1.54, 1.807) is 11.6 Å². The lowest BCUT2D eigenvalue weighted by Gasteiger charge is -2.22. The van der Waals surface area contributed by atoms with E-state index in [4.69, 9.17) is 10.7 Å². The van der Waals surface area contributed by atoms with Gasteiger partial charge in [0.05, 0.1) is 10.7 Å². The Morgan fingerprint density at radius 2 is 2.07 bits per heavy atom. The molecule has 1 aromatic carbocycles. The van der Waals surface area contributed by atoms with Crippen molar-refractivity contribution in [1.29, 1.82) is 0 Å². The number of rotatable bonds is 7. The van der Waals surface area contributed by atoms with Gasteiger partial charge in [-0.15, -0.1) is 0 Å². The summed E-state index contributed by atoms with van der Waals surface area (Å²) in [6.07, 6.45) is 8.13. The Morgan fingerprint density at radius 3 is 2.80 bits per heavy atom. The lowest BCUT2D eigenvalue weighted by atomic mass is 9.87. The van der Waals surface area contributed by atoms with Gasteiger partial charge in [-0.05, 0) is 46.6 Å². The van der Waals surface area contributed by atoms with Crippen molar-refractivity contribution in [2.75, 3.05) is 5.32 Å². The van der Waals surface area contributed by atoms with Gasteiger partial charge in [0, 0.05) is 47.3 Å². The third kappa shape index (κ3) is 4.70. The number of halogens is 1. The first-order valence-electron chi connectivity index (χ1n) is 10.1. The van der Waals surface area contributed by atoms with Crippen LogP contribution in [0.25, 0.3) is 11.3 Å². The molecule has 1 aliphatic rings. The third-order valence-electron chi connectivity index (χ3n) is 5.49. The molecule has 4 rings (SSSR count). The van der Waals surface area contributed by atoms with Crippen LogP contribution in [0, 0.1) is 0 Å². The van der Waals surface area contributed by atoms with Crippen LogP contribution >= 0.6 is 27.9 Å². The van der Waals surface area contributed by atoms with Gasteiger partial charge in [0.2, 0.25) is 0 Å². The first kappa shape index (κ1) is 20.9. The van der Waals surface area contributed by atoms with E-state index >= 15 is 0 Å². The molecule has 1 fully saturated rings. The normalized spacial score (nSPS) is 15.4. The second kappa shape index (κ2) is 9.66. The summed E-state index contributed by atoms with van der Waals surface area (Å²) in [5, 5.41) is 9.82. The highest BCUT2D eigenvalue weighted by Crippen LogP contribution is 2.34. The van der Waals surface area contributed by atoms with E-state index in [2.05, 4.69) is 55.7 Å². The third-order valence-corrected chi connectivity index (χ3v) is 6.55. The Bertz CT molecular complexity index is 1050. The molecule has 0 atom stereocenters. The zero-order valence-electron chi connectivity index (χ0n) is 16.7. The van der Waals surface area contributed by atoms with E-state index in [9.17, 15) is 0 Å². The van der Waals surface area contributed by atoms with Gasteiger partial charge in [0.25, 0.3) is 0 Å². The fraction of sp³-hybridized carbons (Fsp3) is 0.318. The second-order valence-corrected chi connectivity index (χ2v) is 9.05. The fourth-order valence-corrected chi connectivity index (χ4v) is 4.53. The molecule has 3 N–H and O–H groups in total. The number of benzene rings is 1. The Balaban J connectivity index is 1.54. The Hall–Kier alpha value is -2.32. The molecule has 3 aromatic rings. The quantitative estimate of drug-likeness (QED) is 0.329. The van der Waals surface area contributed by atoms with Crippen LogP contribution < -0.4 is 11.1 Å². The van der Waals surface area contributed by atoms with Crippen LogP contribution in [0.3, 0.4) is 0 Å². The van der Waals surface area contributed by atoms with Crippen molar-refractivity contribution in [1.82, 2.24) is 14.6 Å². The van der Waals surface area contributed by atoms with E-state index in [1.807, 2.05) is 16.6 Å². The summed E-state index contributed by atoms with van der Waals surface area (Å²) in [4.78, 5) is 4.91. The molecule has 30 heavy (non-hydrogen) atoms. The molecule has 0 aliphatic heterocycles. The van der Waals surface area contributed by atoms with E-state index in [0.717, 1.165) is 32.8 Å². The predicted octanol–water partition coefficient (Wildman–Crippen LogP) is 5.76. The molecule has 0 spiro atoms. The summed E-state index contributed by atoms with van der Waals surface area (Å²) >= 11 is 4.83. The maximum Gasteiger partial charge on any atom is 0.171 e. The molecule has 8 heteroatoms. The van der Waals surface area contributed by atoms with Crippen molar-refractivity contribution in [3.8, 4) is 0 Å². The summed E-state index contributed by atoms with van der Waals surface area (Å²) in [5.41, 5.74) is 10.9. The van der Waals surface area contributed by atoms with Gasteiger partial charge in [-0.25, -0.2) is 9.38 Å². The van der Waals surface area contributed by atoms with Crippen molar-refractivity contribution < 1.29 is 0 Å². The monoisotopic (exact) mass is 484 g/mol. The minimum absolute atomic E-state index is 0.531. The molecule has 156 valence electrons. The Morgan fingerprint density at radius 1 is 1.30 bits per heavy atom. The maximum atomic E-state index is 6.06. The number of anilines is 1. The van der Waals surface area contributed by atoms with Crippen molar-refractivity contribution >= 4 is 51.8 Å². The molecule has 0 bridgehead atoms. The van der Waals surface area contributed by atoms with Gasteiger partial charge >= 0.3 is 0 Å². The standard InChI is InChI=1S/C22H25BrN6S/c1-25-30-14-19(24)16-9-7-15(8-10-16)12-26-21-11-20(17-5-3-2-4-6-17)28-22-18(23)13-27-29(21)22/h7-11,13-14,17,26H,1-6,12,24H2/b19-14-. The van der Waals surface area contributed by atoms with Crippen LogP contribution in [0.2, 0.25) is 0 Å². The van der Waals surface area contributed by atoms with E-state index in [0.29, 0.717) is 18.2 Å². The lowest BCUT2D eigenvalue weighted by molar-refractivity contribution is 0.437. The molecule has 2 aromatic heterocycles. The van der Waals surface area contributed by atoms with E-state index in [-0.39, 0.29) is 0 Å². The van der Waals surface area contributed by atoms with Gasteiger partial charge in [0.15, 0.2) is 5.65 Å². The largest absolute Gasteiger partial charge is 0.398 e. The average molecular weight is 485 g/mol. The number of hydrogen-bond acceptors (Lipinski definition) is 6. The summed E-state index contributed by atoms with van der Waals surface area (Å²) in [7, 11) is 0. The number of nitrogens with one attached hydrogen (secondary N) is 1. The SMILES string of the molecule is C=NS/C=C(\N)c1ccc(CNc2cc(C3CCCCC3)nc3c(Br)cnn23)cc1. The van der Waals surface area contributed by atoms with Crippen molar-refractivity contribution in [3.63, 3.8) is 0 Å². The van der Waals surface area contributed by atoms with Crippen molar-refractivity contribution in [2.45, 2.75) is 44.6 Å². The molecule has 1 saturated carbocycles. The number of aromatic nitrogens is 3. The Kier molecular flexibility index (Phi) is 6.74. The maximum absolute atomic E-state index is 6.06. The fourth-order valence-electron chi connectivity index (χ4n) is 3.86. The molecule has 1 aliphatic carbocycles. The zero-order chi connectivity index (χ0) is 20.9. The average Bonchev–Trinajstić information content (AvgIpc) is 3.17. The topological polar surface area (TPSA) is 80.6 Å². The van der Waals surface area contributed by atoms with Gasteiger partial charge in [-0.3, -0.25) is 0 Å². The zero-order valence-corrected chi connectivity index (χ0v) is 19.1. The van der Waals surface area contributed by atoms with Gasteiger partial charge in [-0.2, -0.15) is 9.61 Å². The van der Waals surface area contributed by atoms with Crippen LogP contribution in [0.5, 0.6) is 0 Å². The summed E-state index contributed by atoms with van der Waals surface area (Å²) in [6, 6.07) is 10.4. The smallest absolute Gasteiger partial charge is 0.171 e. The summed E-state index contributed by atoms with van der Waals surface area (Å²) < 4.78 is 6.52. The van der Waals surface area contributed by atoms with Crippen LogP contribution in [-0.4, -0.2) is 21.3 Å². The van der Waals surface area contributed by atoms with E-state index < -0.39 is 0 Å². The van der Waals surface area contributed by atoms with Crippen molar-refractivity contribution in [2.24, 2.45) is 10.1 Å². The van der Waals surface area contributed by atoms with Gasteiger partial charge in [0.1, 0.15) is 5.82 Å². The molecule has 0 amide bonds. The van der Waals surface area contributed by atoms with Gasteiger partial charge < -0.3 is 11.1 Å². The first-order chi connectivity index (χ1) is 14.7. The van der Waals surface area contributed by atoms with Crippen LogP contribution in [0.15, 0.2) is 50.8 Å². The number of nitrogens with zero attached hydrogens (tertiary/aromatic N) is 4. The van der Waals surface area contributed by atoms with Crippen LogP contribution in [0.1, 0.15) is 54.8 Å². The molecular weight excluding hydrogens is 460 g/mol. The van der Waals surface area contributed by atoms with Crippen LogP contribution in [0.4, 0.5) is 5.82 Å². The molecule has 0 radical (unpaired) electrons. The lowest BCUT2D eigenvalue weighted by Crippen LogP contribution is -2.11. The van der Waals surface area contributed by atoms with E-state index in [1.165, 1.54) is 44.1 Å². The highest BCUT2D eigenvalue weighted by molar-refractivity contribution is 9.10. The van der Waals surface area contributed by atoms with Gasteiger partial charge in [-0.1, -0.05) is 43.5 Å². The molecule has 0 saturated heterocycles. The molecule has 0 unspecified atom stereocenters. The molecule has 6 nitrogen and oxygen atoms in total.